The van der Waals surface area contributed by atoms with Gasteiger partial charge < -0.3 is 15.0 Å². The lowest BCUT2D eigenvalue weighted by molar-refractivity contribution is -0.137. The summed E-state index contributed by atoms with van der Waals surface area (Å²) in [6.45, 7) is 0.104. The molecule has 0 radical (unpaired) electrons. The lowest BCUT2D eigenvalue weighted by Crippen LogP contribution is -2.26. The van der Waals surface area contributed by atoms with Crippen LogP contribution in [0, 0.1) is 0 Å². The highest BCUT2D eigenvalue weighted by atomic mass is 32.1. The number of carboxylic acid groups (broad SMARTS) is 1. The molecule has 2 aromatic heterocycles. The Morgan fingerprint density at radius 2 is 2.33 bits per heavy atom. The number of aromatic nitrogens is 2. The molecule has 2 aromatic rings. The van der Waals surface area contributed by atoms with E-state index in [4.69, 9.17) is 5.11 Å². The Kier molecular flexibility index (Phi) is 3.73. The zero-order valence-corrected chi connectivity index (χ0v) is 10.2. The highest BCUT2D eigenvalue weighted by Crippen LogP contribution is 2.04. The molecule has 0 saturated carbocycles. The maximum Gasteiger partial charge on any atom is 0.323 e. The number of carbonyl (C=O) groups is 2. The van der Waals surface area contributed by atoms with Crippen LogP contribution in [-0.4, -0.2) is 26.5 Å². The van der Waals surface area contributed by atoms with Crippen LogP contribution in [-0.2, 0) is 17.9 Å². The van der Waals surface area contributed by atoms with Crippen LogP contribution in [0.4, 0.5) is 0 Å². The summed E-state index contributed by atoms with van der Waals surface area (Å²) in [4.78, 5) is 26.5. The molecule has 1 amide bonds. The number of amides is 1. The molecule has 94 valence electrons. The third-order valence-electron chi connectivity index (χ3n) is 2.28. The molecule has 0 spiro atoms. The Balaban J connectivity index is 2.00. The second kappa shape index (κ2) is 5.46. The van der Waals surface area contributed by atoms with E-state index in [2.05, 4.69) is 10.3 Å². The van der Waals surface area contributed by atoms with Gasteiger partial charge in [-0.3, -0.25) is 9.59 Å². The number of carbonyl (C=O) groups excluding carboxylic acids is 1. The third-order valence-corrected chi connectivity index (χ3v) is 2.92. The van der Waals surface area contributed by atoms with E-state index in [-0.39, 0.29) is 12.5 Å². The fraction of sp³-hybridized carbons (Fsp3) is 0.182. The molecular weight excluding hydrogens is 254 g/mol. The summed E-state index contributed by atoms with van der Waals surface area (Å²) < 4.78 is 1.39. The molecule has 0 aliphatic heterocycles. The van der Waals surface area contributed by atoms with Gasteiger partial charge in [0.25, 0.3) is 5.91 Å². The number of hydrogen-bond acceptors (Lipinski definition) is 4. The van der Waals surface area contributed by atoms with Crippen molar-refractivity contribution in [3.63, 3.8) is 0 Å². The molecule has 0 aliphatic carbocycles. The molecule has 7 heteroatoms. The molecule has 0 aromatic carbocycles. The van der Waals surface area contributed by atoms with Crippen LogP contribution in [0.3, 0.4) is 0 Å². The van der Waals surface area contributed by atoms with Gasteiger partial charge in [0.1, 0.15) is 12.2 Å². The summed E-state index contributed by atoms with van der Waals surface area (Å²) in [6, 6.07) is 3.22. The van der Waals surface area contributed by atoms with Crippen LogP contribution in [0.2, 0.25) is 0 Å². The molecule has 18 heavy (non-hydrogen) atoms. The molecule has 2 heterocycles. The fourth-order valence-electron chi connectivity index (χ4n) is 1.49. The number of nitrogens with one attached hydrogen (secondary N) is 1. The normalized spacial score (nSPS) is 10.2. The molecule has 2 N–H and O–H groups in total. The molecule has 0 atom stereocenters. The van der Waals surface area contributed by atoms with E-state index in [9.17, 15) is 9.59 Å². The van der Waals surface area contributed by atoms with Crippen molar-refractivity contribution in [2.75, 3.05) is 0 Å². The van der Waals surface area contributed by atoms with Crippen molar-refractivity contribution in [1.29, 1.82) is 0 Å². The van der Waals surface area contributed by atoms with Crippen molar-refractivity contribution in [3.05, 3.63) is 40.6 Å². The number of rotatable bonds is 5. The maximum atomic E-state index is 11.9. The smallest absolute Gasteiger partial charge is 0.323 e. The molecule has 0 saturated heterocycles. The van der Waals surface area contributed by atoms with Crippen LogP contribution >= 0.6 is 11.3 Å². The van der Waals surface area contributed by atoms with Gasteiger partial charge in [-0.1, -0.05) is 0 Å². The Hall–Kier alpha value is -2.15. The van der Waals surface area contributed by atoms with Crippen molar-refractivity contribution in [3.8, 4) is 0 Å². The maximum absolute atomic E-state index is 11.9. The Morgan fingerprint density at radius 3 is 3.00 bits per heavy atom. The topological polar surface area (TPSA) is 84.2 Å². The second-order valence-corrected chi connectivity index (χ2v) is 4.30. The van der Waals surface area contributed by atoms with E-state index in [0.29, 0.717) is 12.2 Å². The van der Waals surface area contributed by atoms with Gasteiger partial charge in [0.15, 0.2) is 0 Å². The number of carboxylic acids is 1. The lowest BCUT2D eigenvalue weighted by Gasteiger charge is -2.06. The minimum atomic E-state index is -0.986. The zero-order chi connectivity index (χ0) is 13.0. The molecule has 0 fully saturated rings. The minimum absolute atomic E-state index is 0.230. The van der Waals surface area contributed by atoms with E-state index in [0.717, 1.165) is 5.69 Å². The Labute approximate surface area is 107 Å². The number of hydrogen-bond donors (Lipinski definition) is 2. The number of thiazole rings is 1. The average molecular weight is 265 g/mol. The van der Waals surface area contributed by atoms with Crippen molar-refractivity contribution >= 4 is 23.2 Å². The van der Waals surface area contributed by atoms with Crippen molar-refractivity contribution in [2.45, 2.75) is 13.1 Å². The van der Waals surface area contributed by atoms with Gasteiger partial charge in [-0.15, -0.1) is 11.3 Å². The summed E-state index contributed by atoms with van der Waals surface area (Å²) >= 11 is 1.45. The third kappa shape index (κ3) is 2.95. The molecule has 0 aliphatic rings. The van der Waals surface area contributed by atoms with Crippen LogP contribution in [0.5, 0.6) is 0 Å². The Morgan fingerprint density at radius 1 is 1.50 bits per heavy atom. The predicted octanol–water partition coefficient (Wildman–Crippen LogP) is 0.959. The summed E-state index contributed by atoms with van der Waals surface area (Å²) in [5.41, 5.74) is 2.80. The summed E-state index contributed by atoms with van der Waals surface area (Å²) in [7, 11) is 0. The lowest BCUT2D eigenvalue weighted by atomic mass is 10.3. The minimum Gasteiger partial charge on any atom is -0.480 e. The van der Waals surface area contributed by atoms with Crippen LogP contribution in [0.15, 0.2) is 29.2 Å². The van der Waals surface area contributed by atoms with E-state index in [1.54, 1.807) is 23.8 Å². The summed E-state index contributed by atoms with van der Waals surface area (Å²) in [5, 5.41) is 13.2. The highest BCUT2D eigenvalue weighted by molar-refractivity contribution is 7.07. The van der Waals surface area contributed by atoms with Gasteiger partial charge in [0, 0.05) is 11.6 Å². The van der Waals surface area contributed by atoms with Crippen LogP contribution < -0.4 is 5.32 Å². The first-order valence-corrected chi connectivity index (χ1v) is 6.13. The van der Waals surface area contributed by atoms with Crippen molar-refractivity contribution in [2.24, 2.45) is 0 Å². The molecular formula is C11H11N3O3S. The fourth-order valence-corrected chi connectivity index (χ4v) is 2.05. The van der Waals surface area contributed by atoms with Gasteiger partial charge in [-0.25, -0.2) is 4.98 Å². The monoisotopic (exact) mass is 265 g/mol. The SMILES string of the molecule is O=C(O)Cn1cccc1C(=O)NCc1cscn1. The standard InChI is InChI=1S/C11H11N3O3S/c15-10(16)5-14-3-1-2-9(14)11(17)12-4-8-6-18-7-13-8/h1-3,6-7H,4-5H2,(H,12,17)(H,15,16). The predicted molar refractivity (Wildman–Crippen MR) is 65.4 cm³/mol. The van der Waals surface area contributed by atoms with E-state index < -0.39 is 5.97 Å². The average Bonchev–Trinajstić information content (AvgIpc) is 2.95. The van der Waals surface area contributed by atoms with Crippen molar-refractivity contribution in [1.82, 2.24) is 14.9 Å². The van der Waals surface area contributed by atoms with Gasteiger partial charge in [0.05, 0.1) is 17.7 Å². The first kappa shape index (κ1) is 12.3. The van der Waals surface area contributed by atoms with Gasteiger partial charge in [-0.2, -0.15) is 0 Å². The molecule has 6 nitrogen and oxygen atoms in total. The number of aliphatic carboxylic acids is 1. The van der Waals surface area contributed by atoms with Crippen molar-refractivity contribution < 1.29 is 14.7 Å². The summed E-state index contributed by atoms with van der Waals surface area (Å²) in [5.74, 6) is -1.30. The van der Waals surface area contributed by atoms with E-state index in [1.807, 2.05) is 5.38 Å². The highest BCUT2D eigenvalue weighted by Gasteiger charge is 2.12. The van der Waals surface area contributed by atoms with Crippen LogP contribution in [0.25, 0.3) is 0 Å². The van der Waals surface area contributed by atoms with Gasteiger partial charge in [-0.05, 0) is 12.1 Å². The first-order valence-electron chi connectivity index (χ1n) is 5.19. The van der Waals surface area contributed by atoms with Gasteiger partial charge in [0.2, 0.25) is 0 Å². The Bertz CT molecular complexity index is 548. The molecule has 2 rings (SSSR count). The zero-order valence-electron chi connectivity index (χ0n) is 9.37. The van der Waals surface area contributed by atoms with E-state index >= 15 is 0 Å². The quantitative estimate of drug-likeness (QED) is 0.843. The number of nitrogens with zero attached hydrogens (tertiary/aromatic N) is 2. The largest absolute Gasteiger partial charge is 0.480 e. The molecule has 0 bridgehead atoms. The summed E-state index contributed by atoms with van der Waals surface area (Å²) in [6.07, 6.45) is 1.56. The van der Waals surface area contributed by atoms with Crippen LogP contribution in [0.1, 0.15) is 16.2 Å². The van der Waals surface area contributed by atoms with Gasteiger partial charge >= 0.3 is 5.97 Å². The first-order chi connectivity index (χ1) is 8.66. The molecule has 0 unspecified atom stereocenters. The second-order valence-electron chi connectivity index (χ2n) is 3.58. The van der Waals surface area contributed by atoms with E-state index in [1.165, 1.54) is 15.9 Å².